The van der Waals surface area contributed by atoms with Crippen molar-refractivity contribution in [1.29, 1.82) is 0 Å². The first-order valence-electron chi connectivity index (χ1n) is 8.75. The second-order valence-electron chi connectivity index (χ2n) is 6.10. The number of para-hydroxylation sites is 2. The van der Waals surface area contributed by atoms with Crippen LogP contribution in [0.1, 0.15) is 5.56 Å². The van der Waals surface area contributed by atoms with Crippen molar-refractivity contribution < 1.29 is 14.3 Å². The Morgan fingerprint density at radius 1 is 0.750 bits per heavy atom. The number of hydrogen-bond acceptors (Lipinski definition) is 4. The minimum atomic E-state index is -0.348. The molecule has 0 N–H and O–H groups in total. The van der Waals surface area contributed by atoms with Gasteiger partial charge in [0.25, 0.3) is 11.8 Å². The molecule has 4 rings (SSSR count). The Bertz CT molecular complexity index is 1060. The van der Waals surface area contributed by atoms with E-state index in [1.54, 1.807) is 24.3 Å². The molecule has 1 heterocycles. The molecule has 3 aromatic carbocycles. The van der Waals surface area contributed by atoms with Gasteiger partial charge >= 0.3 is 0 Å². The van der Waals surface area contributed by atoms with E-state index in [0.29, 0.717) is 21.9 Å². The van der Waals surface area contributed by atoms with Gasteiger partial charge in [0.15, 0.2) is 0 Å². The van der Waals surface area contributed by atoms with Gasteiger partial charge < -0.3 is 4.74 Å². The maximum absolute atomic E-state index is 13.4. The molecule has 0 aromatic heterocycles. The molecule has 0 aliphatic carbocycles. The summed E-state index contributed by atoms with van der Waals surface area (Å²) < 4.78 is 5.38. The van der Waals surface area contributed by atoms with Gasteiger partial charge in [-0.05, 0) is 29.8 Å². The fraction of sp³-hybridized carbons (Fsp3) is 0.0435. The van der Waals surface area contributed by atoms with E-state index in [-0.39, 0.29) is 11.8 Å². The van der Waals surface area contributed by atoms with Crippen molar-refractivity contribution in [3.63, 3.8) is 0 Å². The summed E-state index contributed by atoms with van der Waals surface area (Å²) in [6, 6.07) is 25.9. The Morgan fingerprint density at radius 3 is 2.04 bits per heavy atom. The van der Waals surface area contributed by atoms with E-state index >= 15 is 0 Å². The van der Waals surface area contributed by atoms with Crippen molar-refractivity contribution in [3.8, 4) is 5.75 Å². The average molecular weight is 387 g/mol. The summed E-state index contributed by atoms with van der Waals surface area (Å²) in [7, 11) is 1.52. The molecule has 138 valence electrons. The van der Waals surface area contributed by atoms with Gasteiger partial charge in [-0.15, -0.1) is 0 Å². The molecule has 3 aromatic rings. The van der Waals surface area contributed by atoms with Gasteiger partial charge in [0.2, 0.25) is 0 Å². The first kappa shape index (κ1) is 18.1. The molecule has 0 radical (unpaired) electrons. The lowest BCUT2D eigenvalue weighted by Gasteiger charge is -2.18. The Labute approximate surface area is 167 Å². The first-order valence-corrected chi connectivity index (χ1v) is 9.56. The summed E-state index contributed by atoms with van der Waals surface area (Å²) in [5, 5.41) is 0. The summed E-state index contributed by atoms with van der Waals surface area (Å²) >= 11 is 1.30. The summed E-state index contributed by atoms with van der Waals surface area (Å²) in [6.07, 6.45) is 0. The number of ether oxygens (including phenoxy) is 1. The fourth-order valence-corrected chi connectivity index (χ4v) is 4.12. The summed E-state index contributed by atoms with van der Waals surface area (Å²) in [5.74, 6) is -0.219. The van der Waals surface area contributed by atoms with E-state index in [1.165, 1.54) is 23.8 Å². The summed E-state index contributed by atoms with van der Waals surface area (Å²) in [4.78, 5) is 29.2. The highest BCUT2D eigenvalue weighted by atomic mass is 32.2. The first-order chi connectivity index (χ1) is 13.7. The Hall–Kier alpha value is -3.31. The van der Waals surface area contributed by atoms with Crippen LogP contribution < -0.4 is 9.64 Å². The molecule has 0 unspecified atom stereocenters. The third-order valence-electron chi connectivity index (χ3n) is 4.39. The molecule has 28 heavy (non-hydrogen) atoms. The zero-order valence-corrected chi connectivity index (χ0v) is 16.0. The number of thioether (sulfide) groups is 1. The van der Waals surface area contributed by atoms with Crippen molar-refractivity contribution in [2.24, 2.45) is 0 Å². The van der Waals surface area contributed by atoms with Crippen LogP contribution in [0.3, 0.4) is 0 Å². The van der Waals surface area contributed by atoms with Crippen LogP contribution in [0.4, 0.5) is 5.69 Å². The SMILES string of the molecule is COc1ccccc1N1C(=O)C(Sc2ccccc2)=C(c2ccccc2)C1=O. The number of amides is 2. The maximum Gasteiger partial charge on any atom is 0.273 e. The van der Waals surface area contributed by atoms with Crippen LogP contribution in [0.2, 0.25) is 0 Å². The van der Waals surface area contributed by atoms with Crippen LogP contribution in [-0.2, 0) is 9.59 Å². The molecule has 2 amide bonds. The van der Waals surface area contributed by atoms with Gasteiger partial charge in [-0.3, -0.25) is 9.59 Å². The number of carbonyl (C=O) groups excluding carboxylic acids is 2. The van der Waals surface area contributed by atoms with E-state index in [1.807, 2.05) is 60.7 Å². The molecule has 1 aliphatic rings. The molecule has 0 saturated heterocycles. The lowest BCUT2D eigenvalue weighted by molar-refractivity contribution is -0.119. The summed E-state index contributed by atoms with van der Waals surface area (Å²) in [6.45, 7) is 0. The molecule has 1 aliphatic heterocycles. The van der Waals surface area contributed by atoms with Gasteiger partial charge in [0, 0.05) is 4.90 Å². The molecule has 4 nitrogen and oxygen atoms in total. The lowest BCUT2D eigenvalue weighted by Crippen LogP contribution is -2.31. The Kier molecular flexibility index (Phi) is 5.00. The average Bonchev–Trinajstić information content (AvgIpc) is 2.99. The van der Waals surface area contributed by atoms with Crippen molar-refractivity contribution in [3.05, 3.63) is 95.4 Å². The topological polar surface area (TPSA) is 46.6 Å². The molecule has 0 bridgehead atoms. The van der Waals surface area contributed by atoms with Crippen molar-refractivity contribution >= 4 is 34.8 Å². The van der Waals surface area contributed by atoms with Gasteiger partial charge in [-0.1, -0.05) is 72.4 Å². The van der Waals surface area contributed by atoms with Crippen molar-refractivity contribution in [1.82, 2.24) is 0 Å². The van der Waals surface area contributed by atoms with Gasteiger partial charge in [0.1, 0.15) is 5.75 Å². The van der Waals surface area contributed by atoms with Gasteiger partial charge in [-0.25, -0.2) is 4.90 Å². The monoisotopic (exact) mass is 387 g/mol. The van der Waals surface area contributed by atoms with Crippen molar-refractivity contribution in [2.75, 3.05) is 12.0 Å². The lowest BCUT2D eigenvalue weighted by atomic mass is 10.1. The number of anilines is 1. The quantitative estimate of drug-likeness (QED) is 0.592. The predicted octanol–water partition coefficient (Wildman–Crippen LogP) is 4.77. The summed E-state index contributed by atoms with van der Waals surface area (Å²) in [5.41, 5.74) is 1.57. The molecule has 0 spiro atoms. The zero-order chi connectivity index (χ0) is 19.5. The van der Waals surface area contributed by atoms with Crippen LogP contribution in [0, 0.1) is 0 Å². The van der Waals surface area contributed by atoms with Crippen LogP contribution in [-0.4, -0.2) is 18.9 Å². The zero-order valence-electron chi connectivity index (χ0n) is 15.2. The molecule has 0 saturated carbocycles. The highest BCUT2D eigenvalue weighted by Gasteiger charge is 2.41. The van der Waals surface area contributed by atoms with Gasteiger partial charge in [-0.2, -0.15) is 0 Å². The smallest absolute Gasteiger partial charge is 0.273 e. The fourth-order valence-electron chi connectivity index (χ4n) is 3.10. The number of benzene rings is 3. The third kappa shape index (κ3) is 3.21. The van der Waals surface area contributed by atoms with Crippen LogP contribution in [0.15, 0.2) is 94.7 Å². The normalized spacial score (nSPS) is 14.0. The highest BCUT2D eigenvalue weighted by Crippen LogP contribution is 2.43. The molecule has 0 atom stereocenters. The number of imide groups is 1. The third-order valence-corrected chi connectivity index (χ3v) is 5.48. The molecular formula is C23H17NO3S. The van der Waals surface area contributed by atoms with Crippen LogP contribution in [0.25, 0.3) is 5.57 Å². The molecule has 5 heteroatoms. The minimum Gasteiger partial charge on any atom is -0.495 e. The van der Waals surface area contributed by atoms with Gasteiger partial charge in [0.05, 0.1) is 23.3 Å². The second-order valence-corrected chi connectivity index (χ2v) is 7.19. The second kappa shape index (κ2) is 7.74. The van der Waals surface area contributed by atoms with Crippen molar-refractivity contribution in [2.45, 2.75) is 4.90 Å². The molecule has 0 fully saturated rings. The number of hydrogen-bond donors (Lipinski definition) is 0. The number of rotatable bonds is 5. The van der Waals surface area contributed by atoms with E-state index in [4.69, 9.17) is 4.74 Å². The number of nitrogens with zero attached hydrogens (tertiary/aromatic N) is 1. The van der Waals surface area contributed by atoms with E-state index < -0.39 is 0 Å². The highest BCUT2D eigenvalue weighted by molar-refractivity contribution is 8.04. The number of carbonyl (C=O) groups is 2. The maximum atomic E-state index is 13.4. The van der Waals surface area contributed by atoms with Crippen LogP contribution >= 0.6 is 11.8 Å². The largest absolute Gasteiger partial charge is 0.495 e. The van der Waals surface area contributed by atoms with Crippen LogP contribution in [0.5, 0.6) is 5.75 Å². The Morgan fingerprint density at radius 2 is 1.36 bits per heavy atom. The van der Waals surface area contributed by atoms with E-state index in [0.717, 1.165) is 10.5 Å². The molecular weight excluding hydrogens is 370 g/mol. The standard InChI is InChI=1S/C23H17NO3S/c1-27-19-15-9-8-14-18(19)24-22(25)20(16-10-4-2-5-11-16)21(23(24)26)28-17-12-6-3-7-13-17/h2-15H,1H3. The minimum absolute atomic E-state index is 0.345. The van der Waals surface area contributed by atoms with E-state index in [9.17, 15) is 9.59 Å². The van der Waals surface area contributed by atoms with E-state index in [2.05, 4.69) is 0 Å². The Balaban J connectivity index is 1.84. The number of methoxy groups -OCH3 is 1. The predicted molar refractivity (Wildman–Crippen MR) is 111 cm³/mol.